The van der Waals surface area contributed by atoms with Crippen LogP contribution in [0.4, 0.5) is 5.69 Å². The predicted octanol–water partition coefficient (Wildman–Crippen LogP) is 0.440. The average Bonchev–Trinajstić information content (AvgIpc) is 2.35. The zero-order chi connectivity index (χ0) is 12.3. The van der Waals surface area contributed by atoms with Gasteiger partial charge in [-0.25, -0.2) is 0 Å². The first-order valence-corrected chi connectivity index (χ1v) is 6.35. The topological polar surface area (TPSA) is 54.7 Å². The van der Waals surface area contributed by atoms with E-state index in [1.807, 2.05) is 11.0 Å². The fourth-order valence-corrected chi connectivity index (χ4v) is 2.35. The van der Waals surface area contributed by atoms with Crippen molar-refractivity contribution < 1.29 is 9.84 Å². The number of pyridine rings is 1. The van der Waals surface area contributed by atoms with Crippen LogP contribution in [0.3, 0.4) is 0 Å². The number of rotatable bonds is 3. The third-order valence-electron chi connectivity index (χ3n) is 2.73. The van der Waals surface area contributed by atoms with Crippen molar-refractivity contribution in [2.75, 3.05) is 37.8 Å². The molecule has 1 aliphatic heterocycles. The largest absolute Gasteiger partial charge is 0.395 e. The molecule has 1 saturated heterocycles. The molecule has 2 rings (SSSR count). The highest BCUT2D eigenvalue weighted by Crippen LogP contribution is 2.16. The first-order valence-electron chi connectivity index (χ1n) is 5.56. The number of morpholine rings is 1. The quantitative estimate of drug-likeness (QED) is 0.880. The van der Waals surface area contributed by atoms with Crippen LogP contribution in [0.2, 0.25) is 0 Å². The SMILES string of the molecule is O=c1c(N2CCOCC2)cc(Br)cn1CCO. The van der Waals surface area contributed by atoms with Crippen molar-refractivity contribution in [3.8, 4) is 0 Å². The summed E-state index contributed by atoms with van der Waals surface area (Å²) in [6, 6.07) is 1.82. The molecule has 1 aliphatic rings. The van der Waals surface area contributed by atoms with Crippen LogP contribution in [0, 0.1) is 0 Å². The van der Waals surface area contributed by atoms with Gasteiger partial charge in [-0.2, -0.15) is 0 Å². The summed E-state index contributed by atoms with van der Waals surface area (Å²) in [6.07, 6.45) is 1.70. The molecule has 6 heteroatoms. The summed E-state index contributed by atoms with van der Waals surface area (Å²) in [5, 5.41) is 8.93. The van der Waals surface area contributed by atoms with Crippen LogP contribution in [-0.2, 0) is 11.3 Å². The maximum Gasteiger partial charge on any atom is 0.274 e. The van der Waals surface area contributed by atoms with E-state index >= 15 is 0 Å². The maximum absolute atomic E-state index is 12.2. The average molecular weight is 303 g/mol. The van der Waals surface area contributed by atoms with Gasteiger partial charge in [0.25, 0.3) is 5.56 Å². The van der Waals surface area contributed by atoms with E-state index in [4.69, 9.17) is 9.84 Å². The molecule has 0 spiro atoms. The van der Waals surface area contributed by atoms with Gasteiger partial charge in [0.2, 0.25) is 0 Å². The van der Waals surface area contributed by atoms with Crippen molar-refractivity contribution in [1.82, 2.24) is 4.57 Å². The van der Waals surface area contributed by atoms with Gasteiger partial charge in [-0.3, -0.25) is 4.79 Å². The number of halogens is 1. The number of aliphatic hydroxyl groups excluding tert-OH is 1. The van der Waals surface area contributed by atoms with Gasteiger partial charge in [0, 0.05) is 30.3 Å². The number of aliphatic hydroxyl groups is 1. The zero-order valence-corrected chi connectivity index (χ0v) is 11.0. The highest BCUT2D eigenvalue weighted by atomic mass is 79.9. The molecule has 0 amide bonds. The van der Waals surface area contributed by atoms with Gasteiger partial charge in [-0.05, 0) is 22.0 Å². The number of aromatic nitrogens is 1. The second-order valence-electron chi connectivity index (χ2n) is 3.87. The standard InChI is InChI=1S/C11H15BrN2O3/c12-9-7-10(13-2-5-17-6-3-13)11(16)14(8-9)1-4-15/h7-8,15H,1-6H2. The van der Waals surface area contributed by atoms with Gasteiger partial charge in [0.15, 0.2) is 0 Å². The van der Waals surface area contributed by atoms with Gasteiger partial charge >= 0.3 is 0 Å². The van der Waals surface area contributed by atoms with Crippen molar-refractivity contribution >= 4 is 21.6 Å². The van der Waals surface area contributed by atoms with Gasteiger partial charge in [0.05, 0.1) is 19.8 Å². The van der Waals surface area contributed by atoms with E-state index in [0.717, 1.165) is 17.6 Å². The second kappa shape index (κ2) is 5.66. The zero-order valence-electron chi connectivity index (χ0n) is 9.43. The van der Waals surface area contributed by atoms with E-state index < -0.39 is 0 Å². The molecule has 0 atom stereocenters. The Morgan fingerprint density at radius 1 is 1.41 bits per heavy atom. The van der Waals surface area contributed by atoms with Crippen molar-refractivity contribution in [2.45, 2.75) is 6.54 Å². The summed E-state index contributed by atoms with van der Waals surface area (Å²) in [4.78, 5) is 14.2. The first kappa shape index (κ1) is 12.6. The molecule has 1 N–H and O–H groups in total. The Hall–Kier alpha value is -0.850. The van der Waals surface area contributed by atoms with Crippen LogP contribution < -0.4 is 10.5 Å². The van der Waals surface area contributed by atoms with Crippen molar-refractivity contribution in [3.05, 3.63) is 27.1 Å². The fourth-order valence-electron chi connectivity index (χ4n) is 1.89. The van der Waals surface area contributed by atoms with Gasteiger partial charge in [-0.15, -0.1) is 0 Å². The lowest BCUT2D eigenvalue weighted by Gasteiger charge is -2.28. The Morgan fingerprint density at radius 3 is 2.76 bits per heavy atom. The minimum absolute atomic E-state index is 0.0427. The van der Waals surface area contributed by atoms with Crippen LogP contribution in [0.25, 0.3) is 0 Å². The summed E-state index contributed by atoms with van der Waals surface area (Å²) in [5.74, 6) is 0. The molecule has 0 aliphatic carbocycles. The lowest BCUT2D eigenvalue weighted by molar-refractivity contribution is 0.122. The molecule has 0 bridgehead atoms. The van der Waals surface area contributed by atoms with E-state index in [-0.39, 0.29) is 12.2 Å². The second-order valence-corrected chi connectivity index (χ2v) is 4.78. The summed E-state index contributed by atoms with van der Waals surface area (Å²) in [6.45, 7) is 3.02. The van der Waals surface area contributed by atoms with Crippen LogP contribution >= 0.6 is 15.9 Å². The van der Waals surface area contributed by atoms with Gasteiger partial charge < -0.3 is 19.3 Å². The highest BCUT2D eigenvalue weighted by Gasteiger charge is 2.16. The summed E-state index contributed by atoms with van der Waals surface area (Å²) in [5.41, 5.74) is 0.597. The number of anilines is 1. The molecule has 1 fully saturated rings. The lowest BCUT2D eigenvalue weighted by Crippen LogP contribution is -2.40. The molecular formula is C11H15BrN2O3. The lowest BCUT2D eigenvalue weighted by atomic mass is 10.3. The molecule has 0 unspecified atom stereocenters. The maximum atomic E-state index is 12.2. The molecule has 0 radical (unpaired) electrons. The number of ether oxygens (including phenoxy) is 1. The molecule has 1 aromatic rings. The fraction of sp³-hybridized carbons (Fsp3) is 0.545. The minimum atomic E-state index is -0.0656. The normalized spacial score (nSPS) is 16.2. The van der Waals surface area contributed by atoms with Crippen LogP contribution in [0.15, 0.2) is 21.5 Å². The van der Waals surface area contributed by atoms with Crippen molar-refractivity contribution in [2.24, 2.45) is 0 Å². The van der Waals surface area contributed by atoms with Gasteiger partial charge in [-0.1, -0.05) is 0 Å². The van der Waals surface area contributed by atoms with Crippen LogP contribution in [0.1, 0.15) is 0 Å². The Bertz CT molecular complexity index is 441. The molecular weight excluding hydrogens is 288 g/mol. The third-order valence-corrected chi connectivity index (χ3v) is 3.16. The molecule has 0 aromatic carbocycles. The Balaban J connectivity index is 2.35. The summed E-state index contributed by atoms with van der Waals surface area (Å²) in [7, 11) is 0. The van der Waals surface area contributed by atoms with Crippen molar-refractivity contribution in [1.29, 1.82) is 0 Å². The van der Waals surface area contributed by atoms with Crippen LogP contribution in [0.5, 0.6) is 0 Å². The predicted molar refractivity (Wildman–Crippen MR) is 68.5 cm³/mol. The highest BCUT2D eigenvalue weighted by molar-refractivity contribution is 9.10. The Labute approximate surface area is 108 Å². The van der Waals surface area contributed by atoms with E-state index in [0.29, 0.717) is 25.4 Å². The van der Waals surface area contributed by atoms with E-state index in [9.17, 15) is 4.79 Å². The summed E-state index contributed by atoms with van der Waals surface area (Å²) >= 11 is 3.38. The molecule has 5 nitrogen and oxygen atoms in total. The first-order chi connectivity index (χ1) is 8.22. The summed E-state index contributed by atoms with van der Waals surface area (Å²) < 4.78 is 7.63. The molecule has 1 aromatic heterocycles. The monoisotopic (exact) mass is 302 g/mol. The number of hydrogen-bond acceptors (Lipinski definition) is 4. The van der Waals surface area contributed by atoms with Gasteiger partial charge in [0.1, 0.15) is 5.69 Å². The third kappa shape index (κ3) is 2.88. The molecule has 0 saturated carbocycles. The van der Waals surface area contributed by atoms with E-state index in [1.54, 1.807) is 6.20 Å². The minimum Gasteiger partial charge on any atom is -0.395 e. The van der Waals surface area contributed by atoms with Crippen LogP contribution in [-0.4, -0.2) is 42.6 Å². The number of hydrogen-bond donors (Lipinski definition) is 1. The number of nitrogens with zero attached hydrogens (tertiary/aromatic N) is 2. The Kier molecular flexibility index (Phi) is 4.20. The molecule has 94 valence electrons. The molecule has 17 heavy (non-hydrogen) atoms. The van der Waals surface area contributed by atoms with E-state index in [2.05, 4.69) is 15.9 Å². The molecule has 2 heterocycles. The Morgan fingerprint density at radius 2 is 2.12 bits per heavy atom. The van der Waals surface area contributed by atoms with E-state index in [1.165, 1.54) is 4.57 Å². The smallest absolute Gasteiger partial charge is 0.274 e. The van der Waals surface area contributed by atoms with Crippen molar-refractivity contribution in [3.63, 3.8) is 0 Å².